The molecule has 0 amide bonds. The van der Waals surface area contributed by atoms with Crippen LogP contribution in [0.3, 0.4) is 0 Å². The van der Waals surface area contributed by atoms with E-state index in [1.807, 2.05) is 13.8 Å². The van der Waals surface area contributed by atoms with Crippen LogP contribution in [-0.4, -0.2) is 16.1 Å². The van der Waals surface area contributed by atoms with Crippen molar-refractivity contribution in [2.45, 2.75) is 59.0 Å². The van der Waals surface area contributed by atoms with Crippen LogP contribution in [0.2, 0.25) is 5.15 Å². The van der Waals surface area contributed by atoms with Crippen molar-refractivity contribution >= 4 is 11.6 Å². The third-order valence-electron chi connectivity index (χ3n) is 3.83. The van der Waals surface area contributed by atoms with Crippen LogP contribution < -0.4 is 4.74 Å². The first-order chi connectivity index (χ1) is 8.60. The van der Waals surface area contributed by atoms with Crippen molar-refractivity contribution in [1.82, 2.24) is 9.97 Å². The maximum Gasteiger partial charge on any atom is 0.252 e. The van der Waals surface area contributed by atoms with E-state index in [9.17, 15) is 0 Å². The minimum Gasteiger partial charge on any atom is -0.472 e. The number of nitrogens with zero attached hydrogens (tertiary/aromatic N) is 2. The van der Waals surface area contributed by atoms with Gasteiger partial charge in [-0.05, 0) is 39.0 Å². The molecule has 1 aliphatic rings. The Hall–Kier alpha value is -0.830. The molecule has 0 spiro atoms. The quantitative estimate of drug-likeness (QED) is 0.828. The predicted molar refractivity (Wildman–Crippen MR) is 73.2 cm³/mol. The Bertz CT molecular complexity index is 423. The normalized spacial score (nSPS) is 24.0. The Morgan fingerprint density at radius 2 is 1.94 bits per heavy atom. The highest BCUT2D eigenvalue weighted by molar-refractivity contribution is 6.30. The van der Waals surface area contributed by atoms with Crippen molar-refractivity contribution in [3.05, 3.63) is 16.5 Å². The lowest BCUT2D eigenvalue weighted by Crippen LogP contribution is -2.25. The van der Waals surface area contributed by atoms with Crippen molar-refractivity contribution in [3.63, 3.8) is 0 Å². The van der Waals surface area contributed by atoms with Gasteiger partial charge in [-0.25, -0.2) is 9.97 Å². The molecule has 0 saturated heterocycles. The lowest BCUT2D eigenvalue weighted by Gasteiger charge is -2.28. The van der Waals surface area contributed by atoms with E-state index in [-0.39, 0.29) is 6.10 Å². The first-order valence-corrected chi connectivity index (χ1v) is 7.15. The van der Waals surface area contributed by atoms with E-state index in [2.05, 4.69) is 16.9 Å². The fraction of sp³-hybridized carbons (Fsp3) is 0.714. The maximum absolute atomic E-state index is 6.09. The van der Waals surface area contributed by atoms with Crippen LogP contribution in [-0.2, 0) is 0 Å². The number of aryl methyl sites for hydroxylation is 2. The average Bonchev–Trinajstić information content (AvgIpc) is 2.36. The summed E-state index contributed by atoms with van der Waals surface area (Å²) in [6.07, 6.45) is 6.24. The summed E-state index contributed by atoms with van der Waals surface area (Å²) in [5.41, 5.74) is 1.75. The first kappa shape index (κ1) is 13.6. The molecule has 0 aliphatic heterocycles. The second-order valence-corrected chi connectivity index (χ2v) is 5.53. The van der Waals surface area contributed by atoms with Gasteiger partial charge in [-0.15, -0.1) is 0 Å². The Morgan fingerprint density at radius 1 is 1.22 bits per heavy atom. The van der Waals surface area contributed by atoms with E-state index in [1.165, 1.54) is 19.3 Å². The van der Waals surface area contributed by atoms with Gasteiger partial charge in [-0.2, -0.15) is 0 Å². The van der Waals surface area contributed by atoms with Crippen LogP contribution in [0.4, 0.5) is 0 Å². The van der Waals surface area contributed by atoms with Crippen molar-refractivity contribution < 1.29 is 4.74 Å². The average molecular weight is 269 g/mol. The molecular weight excluding hydrogens is 248 g/mol. The van der Waals surface area contributed by atoms with Gasteiger partial charge >= 0.3 is 0 Å². The highest BCUT2D eigenvalue weighted by Gasteiger charge is 2.23. The summed E-state index contributed by atoms with van der Waals surface area (Å²) in [4.78, 5) is 8.66. The predicted octanol–water partition coefficient (Wildman–Crippen LogP) is 4.09. The highest BCUT2D eigenvalue weighted by Crippen LogP contribution is 2.31. The second-order valence-electron chi connectivity index (χ2n) is 5.17. The molecule has 1 fully saturated rings. The molecule has 18 heavy (non-hydrogen) atoms. The van der Waals surface area contributed by atoms with E-state index in [0.29, 0.717) is 11.0 Å². The van der Waals surface area contributed by atoms with Crippen LogP contribution in [0, 0.1) is 19.8 Å². The van der Waals surface area contributed by atoms with Gasteiger partial charge in [0.15, 0.2) is 5.15 Å². The molecule has 3 nitrogen and oxygen atoms in total. The van der Waals surface area contributed by atoms with Gasteiger partial charge in [0.2, 0.25) is 0 Å². The summed E-state index contributed by atoms with van der Waals surface area (Å²) >= 11 is 6.09. The molecule has 2 unspecified atom stereocenters. The smallest absolute Gasteiger partial charge is 0.252 e. The number of aromatic nitrogens is 2. The highest BCUT2D eigenvalue weighted by atomic mass is 35.5. The largest absolute Gasteiger partial charge is 0.472 e. The SMILES string of the molecule is CCC1CCCC(Oc2nc(C)c(C)nc2Cl)C1. The molecule has 0 radical (unpaired) electrons. The molecule has 1 heterocycles. The zero-order valence-corrected chi connectivity index (χ0v) is 12.1. The van der Waals surface area contributed by atoms with Crippen LogP contribution in [0.1, 0.15) is 50.4 Å². The summed E-state index contributed by atoms with van der Waals surface area (Å²) in [5, 5.41) is 0.386. The van der Waals surface area contributed by atoms with Crippen LogP contribution in [0.5, 0.6) is 5.88 Å². The molecule has 0 aromatic carbocycles. The Labute approximate surface area is 114 Å². The monoisotopic (exact) mass is 268 g/mol. The molecule has 100 valence electrons. The molecule has 1 aliphatic carbocycles. The molecule has 2 rings (SSSR count). The Kier molecular flexibility index (Phi) is 4.44. The summed E-state index contributed by atoms with van der Waals surface area (Å²) in [7, 11) is 0. The Morgan fingerprint density at radius 3 is 2.67 bits per heavy atom. The topological polar surface area (TPSA) is 35.0 Å². The van der Waals surface area contributed by atoms with Gasteiger partial charge in [0.1, 0.15) is 6.10 Å². The minimum atomic E-state index is 0.248. The fourth-order valence-electron chi connectivity index (χ4n) is 2.51. The van der Waals surface area contributed by atoms with E-state index in [1.54, 1.807) is 0 Å². The van der Waals surface area contributed by atoms with Gasteiger partial charge < -0.3 is 4.74 Å². The fourth-order valence-corrected chi connectivity index (χ4v) is 2.72. The van der Waals surface area contributed by atoms with E-state index in [4.69, 9.17) is 16.3 Å². The molecule has 4 heteroatoms. The lowest BCUT2D eigenvalue weighted by molar-refractivity contribution is 0.116. The number of hydrogen-bond acceptors (Lipinski definition) is 3. The first-order valence-electron chi connectivity index (χ1n) is 6.77. The molecular formula is C14H21ClN2O. The van der Waals surface area contributed by atoms with Gasteiger partial charge in [0.05, 0.1) is 11.4 Å². The minimum absolute atomic E-state index is 0.248. The van der Waals surface area contributed by atoms with Crippen molar-refractivity contribution in [2.24, 2.45) is 5.92 Å². The Balaban J connectivity index is 2.07. The third kappa shape index (κ3) is 3.14. The number of rotatable bonds is 3. The van der Waals surface area contributed by atoms with Crippen molar-refractivity contribution in [1.29, 1.82) is 0 Å². The summed E-state index contributed by atoms with van der Waals surface area (Å²) in [5.74, 6) is 1.28. The molecule has 1 saturated carbocycles. The molecule has 0 N–H and O–H groups in total. The van der Waals surface area contributed by atoms with Crippen LogP contribution in [0.25, 0.3) is 0 Å². The van der Waals surface area contributed by atoms with Gasteiger partial charge in [-0.1, -0.05) is 31.4 Å². The van der Waals surface area contributed by atoms with Gasteiger partial charge in [-0.3, -0.25) is 0 Å². The second kappa shape index (κ2) is 5.87. The van der Waals surface area contributed by atoms with Crippen LogP contribution >= 0.6 is 11.6 Å². The van der Waals surface area contributed by atoms with E-state index < -0.39 is 0 Å². The zero-order valence-electron chi connectivity index (χ0n) is 11.4. The summed E-state index contributed by atoms with van der Waals surface area (Å²) in [6, 6.07) is 0. The number of ether oxygens (including phenoxy) is 1. The summed E-state index contributed by atoms with van der Waals surface area (Å²) in [6.45, 7) is 6.09. The number of hydrogen-bond donors (Lipinski definition) is 0. The number of halogens is 1. The molecule has 0 bridgehead atoms. The lowest BCUT2D eigenvalue weighted by atomic mass is 9.85. The molecule has 1 aromatic heterocycles. The van der Waals surface area contributed by atoms with Gasteiger partial charge in [0, 0.05) is 0 Å². The zero-order chi connectivity index (χ0) is 13.1. The maximum atomic E-state index is 6.09. The van der Waals surface area contributed by atoms with Crippen molar-refractivity contribution in [2.75, 3.05) is 0 Å². The van der Waals surface area contributed by atoms with Crippen LogP contribution in [0.15, 0.2) is 0 Å². The standard InChI is InChI=1S/C14H21ClN2O/c1-4-11-6-5-7-12(8-11)18-14-13(15)16-9(2)10(3)17-14/h11-12H,4-8H2,1-3H3. The molecule has 2 atom stereocenters. The molecule has 1 aromatic rings. The van der Waals surface area contributed by atoms with E-state index >= 15 is 0 Å². The third-order valence-corrected chi connectivity index (χ3v) is 4.07. The van der Waals surface area contributed by atoms with E-state index in [0.717, 1.165) is 30.1 Å². The summed E-state index contributed by atoms with van der Waals surface area (Å²) < 4.78 is 5.95. The van der Waals surface area contributed by atoms with Gasteiger partial charge in [0.25, 0.3) is 5.88 Å². The van der Waals surface area contributed by atoms with Crippen molar-refractivity contribution in [3.8, 4) is 5.88 Å².